The SMILES string of the molecule is CC(=O)[C@@H](C)C[C@H](C)OCc1ccccc1. The van der Waals surface area contributed by atoms with Crippen LogP contribution in [0.5, 0.6) is 0 Å². The van der Waals surface area contributed by atoms with E-state index < -0.39 is 0 Å². The molecule has 0 aliphatic rings. The minimum atomic E-state index is 0.0887. The normalized spacial score (nSPS) is 14.4. The Morgan fingerprint density at radius 2 is 1.88 bits per heavy atom. The molecule has 16 heavy (non-hydrogen) atoms. The van der Waals surface area contributed by atoms with Gasteiger partial charge >= 0.3 is 0 Å². The zero-order valence-corrected chi connectivity index (χ0v) is 10.3. The number of ketones is 1. The lowest BCUT2D eigenvalue weighted by Gasteiger charge is -2.16. The lowest BCUT2D eigenvalue weighted by atomic mass is 10.0. The van der Waals surface area contributed by atoms with Gasteiger partial charge in [-0.05, 0) is 25.8 Å². The molecule has 0 saturated heterocycles. The average molecular weight is 220 g/mol. The van der Waals surface area contributed by atoms with Crippen molar-refractivity contribution in [3.63, 3.8) is 0 Å². The largest absolute Gasteiger partial charge is 0.374 e. The number of benzene rings is 1. The zero-order chi connectivity index (χ0) is 12.0. The van der Waals surface area contributed by atoms with Gasteiger partial charge in [0.05, 0.1) is 12.7 Å². The topological polar surface area (TPSA) is 26.3 Å². The van der Waals surface area contributed by atoms with E-state index in [1.54, 1.807) is 6.92 Å². The molecule has 0 heterocycles. The first kappa shape index (κ1) is 12.9. The molecule has 1 aromatic carbocycles. The third-order valence-corrected chi connectivity index (χ3v) is 2.76. The molecular formula is C14H20O2. The fourth-order valence-corrected chi connectivity index (χ4v) is 1.54. The molecule has 2 atom stereocenters. The second kappa shape index (κ2) is 6.44. The zero-order valence-electron chi connectivity index (χ0n) is 10.3. The average Bonchev–Trinajstić information content (AvgIpc) is 2.27. The summed E-state index contributed by atoms with van der Waals surface area (Å²) in [5.74, 6) is 0.320. The van der Waals surface area contributed by atoms with E-state index in [4.69, 9.17) is 4.74 Å². The molecule has 0 aliphatic carbocycles. The van der Waals surface area contributed by atoms with Gasteiger partial charge in [-0.3, -0.25) is 4.79 Å². The van der Waals surface area contributed by atoms with Crippen LogP contribution in [0.15, 0.2) is 30.3 Å². The van der Waals surface area contributed by atoms with Crippen molar-refractivity contribution in [3.8, 4) is 0 Å². The lowest BCUT2D eigenvalue weighted by molar-refractivity contribution is -0.121. The second-order valence-corrected chi connectivity index (χ2v) is 4.35. The molecule has 0 spiro atoms. The molecule has 1 aromatic rings. The van der Waals surface area contributed by atoms with E-state index in [0.717, 1.165) is 6.42 Å². The lowest BCUT2D eigenvalue weighted by Crippen LogP contribution is -2.17. The summed E-state index contributed by atoms with van der Waals surface area (Å²) in [5.41, 5.74) is 1.17. The fraction of sp³-hybridized carbons (Fsp3) is 0.500. The van der Waals surface area contributed by atoms with Crippen LogP contribution in [0, 0.1) is 5.92 Å². The quantitative estimate of drug-likeness (QED) is 0.736. The molecule has 0 aliphatic heterocycles. The molecule has 0 radical (unpaired) electrons. The first-order valence-corrected chi connectivity index (χ1v) is 5.75. The minimum absolute atomic E-state index is 0.0887. The van der Waals surface area contributed by atoms with Crippen molar-refractivity contribution < 1.29 is 9.53 Å². The van der Waals surface area contributed by atoms with E-state index in [0.29, 0.717) is 6.61 Å². The smallest absolute Gasteiger partial charge is 0.132 e. The molecule has 0 N–H and O–H groups in total. The van der Waals surface area contributed by atoms with E-state index in [2.05, 4.69) is 0 Å². The van der Waals surface area contributed by atoms with E-state index in [1.807, 2.05) is 44.2 Å². The molecule has 0 aromatic heterocycles. The van der Waals surface area contributed by atoms with Crippen LogP contribution < -0.4 is 0 Å². The van der Waals surface area contributed by atoms with Crippen molar-refractivity contribution in [2.45, 2.75) is 39.9 Å². The summed E-state index contributed by atoms with van der Waals surface area (Å²) in [7, 11) is 0. The Morgan fingerprint density at radius 1 is 1.25 bits per heavy atom. The maximum atomic E-state index is 11.1. The van der Waals surface area contributed by atoms with Crippen molar-refractivity contribution in [3.05, 3.63) is 35.9 Å². The number of hydrogen-bond donors (Lipinski definition) is 0. The molecule has 0 fully saturated rings. The highest BCUT2D eigenvalue weighted by Crippen LogP contribution is 2.12. The highest BCUT2D eigenvalue weighted by atomic mass is 16.5. The Labute approximate surface area is 97.6 Å². The summed E-state index contributed by atoms with van der Waals surface area (Å²) >= 11 is 0. The van der Waals surface area contributed by atoms with Crippen LogP contribution in [0.1, 0.15) is 32.8 Å². The summed E-state index contributed by atoms with van der Waals surface area (Å²) in [6.45, 7) is 6.22. The van der Waals surface area contributed by atoms with Gasteiger partial charge in [-0.1, -0.05) is 37.3 Å². The third-order valence-electron chi connectivity index (χ3n) is 2.76. The van der Waals surface area contributed by atoms with Gasteiger partial charge in [0, 0.05) is 5.92 Å². The third kappa shape index (κ3) is 4.58. The van der Waals surface area contributed by atoms with Gasteiger partial charge in [0.15, 0.2) is 0 Å². The van der Waals surface area contributed by atoms with E-state index in [1.165, 1.54) is 5.56 Å². The van der Waals surface area contributed by atoms with Crippen molar-refractivity contribution in [2.24, 2.45) is 5.92 Å². The Bertz CT molecular complexity index is 319. The van der Waals surface area contributed by atoms with Crippen LogP contribution in [-0.2, 0) is 16.1 Å². The highest BCUT2D eigenvalue weighted by molar-refractivity contribution is 5.77. The Hall–Kier alpha value is -1.15. The van der Waals surface area contributed by atoms with E-state index in [9.17, 15) is 4.79 Å². The molecule has 0 unspecified atom stereocenters. The number of carbonyl (C=O) groups excluding carboxylic acids is 1. The number of hydrogen-bond acceptors (Lipinski definition) is 2. The Morgan fingerprint density at radius 3 is 2.44 bits per heavy atom. The predicted octanol–water partition coefficient (Wildman–Crippen LogP) is 3.21. The molecule has 0 saturated carbocycles. The fourth-order valence-electron chi connectivity index (χ4n) is 1.54. The van der Waals surface area contributed by atoms with Crippen molar-refractivity contribution in [1.29, 1.82) is 0 Å². The minimum Gasteiger partial charge on any atom is -0.374 e. The first-order valence-electron chi connectivity index (χ1n) is 5.75. The number of carbonyl (C=O) groups is 1. The molecule has 88 valence electrons. The second-order valence-electron chi connectivity index (χ2n) is 4.35. The maximum absolute atomic E-state index is 11.1. The van der Waals surface area contributed by atoms with Crippen LogP contribution in [-0.4, -0.2) is 11.9 Å². The molecular weight excluding hydrogens is 200 g/mol. The monoisotopic (exact) mass is 220 g/mol. The number of rotatable bonds is 6. The van der Waals surface area contributed by atoms with Crippen LogP contribution in [0.3, 0.4) is 0 Å². The van der Waals surface area contributed by atoms with Gasteiger partial charge in [0.1, 0.15) is 5.78 Å². The van der Waals surface area contributed by atoms with E-state index in [-0.39, 0.29) is 17.8 Å². The van der Waals surface area contributed by atoms with Crippen molar-refractivity contribution in [2.75, 3.05) is 0 Å². The van der Waals surface area contributed by atoms with Gasteiger partial charge in [0.25, 0.3) is 0 Å². The summed E-state index contributed by atoms with van der Waals surface area (Å²) < 4.78 is 5.70. The van der Waals surface area contributed by atoms with Gasteiger partial charge in [-0.25, -0.2) is 0 Å². The van der Waals surface area contributed by atoms with E-state index >= 15 is 0 Å². The number of Topliss-reactive ketones (excluding diaryl/α,β-unsaturated/α-hetero) is 1. The Balaban J connectivity index is 2.30. The van der Waals surface area contributed by atoms with Gasteiger partial charge < -0.3 is 4.74 Å². The Kier molecular flexibility index (Phi) is 5.20. The summed E-state index contributed by atoms with van der Waals surface area (Å²) in [4.78, 5) is 11.1. The molecule has 2 heteroatoms. The van der Waals surface area contributed by atoms with Gasteiger partial charge in [-0.15, -0.1) is 0 Å². The molecule has 0 amide bonds. The first-order chi connectivity index (χ1) is 7.59. The van der Waals surface area contributed by atoms with Crippen molar-refractivity contribution in [1.82, 2.24) is 0 Å². The van der Waals surface area contributed by atoms with Gasteiger partial charge in [0.2, 0.25) is 0 Å². The van der Waals surface area contributed by atoms with Crippen LogP contribution in [0.4, 0.5) is 0 Å². The summed E-state index contributed by atoms with van der Waals surface area (Å²) in [5, 5.41) is 0. The molecule has 2 nitrogen and oxygen atoms in total. The van der Waals surface area contributed by atoms with Crippen molar-refractivity contribution >= 4 is 5.78 Å². The molecule has 0 bridgehead atoms. The maximum Gasteiger partial charge on any atom is 0.132 e. The number of ether oxygens (including phenoxy) is 1. The summed E-state index contributed by atoms with van der Waals surface area (Å²) in [6, 6.07) is 10.1. The summed E-state index contributed by atoms with van der Waals surface area (Å²) in [6.07, 6.45) is 0.918. The van der Waals surface area contributed by atoms with Crippen LogP contribution in [0.2, 0.25) is 0 Å². The highest BCUT2D eigenvalue weighted by Gasteiger charge is 2.12. The standard InChI is InChI=1S/C14H20O2/c1-11(13(3)15)9-12(2)16-10-14-7-5-4-6-8-14/h4-8,11-12H,9-10H2,1-3H3/t11-,12-/m0/s1. The predicted molar refractivity (Wildman–Crippen MR) is 65.2 cm³/mol. The van der Waals surface area contributed by atoms with Gasteiger partial charge in [-0.2, -0.15) is 0 Å². The van der Waals surface area contributed by atoms with Crippen LogP contribution >= 0.6 is 0 Å². The van der Waals surface area contributed by atoms with Crippen LogP contribution in [0.25, 0.3) is 0 Å². The molecule has 1 rings (SSSR count).